The van der Waals surface area contributed by atoms with Crippen molar-refractivity contribution in [1.82, 2.24) is 0 Å². The maximum atomic E-state index is 11.3. The SMILES string of the molecule is CC(C)(C)OC(=O)C=Cc1ccc(C=O)s1. The number of hydrogen-bond acceptors (Lipinski definition) is 4. The standard InChI is InChI=1S/C12H14O3S/c1-12(2,3)15-11(14)7-6-9-4-5-10(8-13)16-9/h4-8H,1-3H3. The summed E-state index contributed by atoms with van der Waals surface area (Å²) in [6, 6.07) is 3.50. The molecule has 0 radical (unpaired) electrons. The average Bonchev–Trinajstić information content (AvgIpc) is 2.59. The molecule has 4 heteroatoms. The molecule has 0 amide bonds. The van der Waals surface area contributed by atoms with Crippen LogP contribution in [0, 0.1) is 0 Å². The van der Waals surface area contributed by atoms with Gasteiger partial charge >= 0.3 is 5.97 Å². The fourth-order valence-electron chi connectivity index (χ4n) is 1.01. The Morgan fingerprint density at radius 3 is 2.44 bits per heavy atom. The van der Waals surface area contributed by atoms with Crippen molar-refractivity contribution >= 4 is 29.7 Å². The van der Waals surface area contributed by atoms with E-state index in [1.165, 1.54) is 17.4 Å². The van der Waals surface area contributed by atoms with Gasteiger partial charge in [-0.15, -0.1) is 11.3 Å². The van der Waals surface area contributed by atoms with Crippen molar-refractivity contribution in [3.63, 3.8) is 0 Å². The summed E-state index contributed by atoms with van der Waals surface area (Å²) < 4.78 is 5.10. The normalized spacial score (nSPS) is 11.7. The van der Waals surface area contributed by atoms with Crippen molar-refractivity contribution in [2.24, 2.45) is 0 Å². The van der Waals surface area contributed by atoms with Crippen LogP contribution in [0.2, 0.25) is 0 Å². The number of aldehydes is 1. The lowest BCUT2D eigenvalue weighted by Gasteiger charge is -2.17. The Morgan fingerprint density at radius 1 is 1.31 bits per heavy atom. The zero-order valence-electron chi connectivity index (χ0n) is 9.52. The van der Waals surface area contributed by atoms with Crippen LogP contribution in [-0.4, -0.2) is 17.9 Å². The van der Waals surface area contributed by atoms with Gasteiger partial charge in [-0.25, -0.2) is 4.79 Å². The lowest BCUT2D eigenvalue weighted by molar-refractivity contribution is -0.148. The highest BCUT2D eigenvalue weighted by molar-refractivity contribution is 7.14. The molecule has 0 atom stereocenters. The van der Waals surface area contributed by atoms with E-state index in [1.807, 2.05) is 20.8 Å². The van der Waals surface area contributed by atoms with Crippen molar-refractivity contribution < 1.29 is 14.3 Å². The van der Waals surface area contributed by atoms with Crippen molar-refractivity contribution in [3.8, 4) is 0 Å². The molecule has 0 aliphatic carbocycles. The van der Waals surface area contributed by atoms with Gasteiger partial charge in [-0.05, 0) is 39.0 Å². The molecule has 0 unspecified atom stereocenters. The van der Waals surface area contributed by atoms with Crippen LogP contribution >= 0.6 is 11.3 Å². The molecule has 0 saturated heterocycles. The third-order valence-corrected chi connectivity index (χ3v) is 2.53. The fourth-order valence-corrected chi connectivity index (χ4v) is 1.74. The molecule has 1 aromatic heterocycles. The maximum absolute atomic E-state index is 11.3. The minimum absolute atomic E-state index is 0.381. The molecule has 86 valence electrons. The van der Waals surface area contributed by atoms with Crippen LogP contribution in [-0.2, 0) is 9.53 Å². The number of carbonyl (C=O) groups excluding carboxylic acids is 2. The zero-order chi connectivity index (χ0) is 12.2. The monoisotopic (exact) mass is 238 g/mol. The van der Waals surface area contributed by atoms with Crippen LogP contribution in [0.15, 0.2) is 18.2 Å². The molecular formula is C12H14O3S. The molecule has 1 aromatic rings. The van der Waals surface area contributed by atoms with Crippen LogP contribution in [0.5, 0.6) is 0 Å². The fraction of sp³-hybridized carbons (Fsp3) is 0.333. The van der Waals surface area contributed by atoms with Gasteiger partial charge in [0.05, 0.1) is 4.88 Å². The predicted molar refractivity (Wildman–Crippen MR) is 64.6 cm³/mol. The Balaban J connectivity index is 2.60. The molecule has 0 saturated carbocycles. The number of ether oxygens (including phenoxy) is 1. The highest BCUT2D eigenvalue weighted by atomic mass is 32.1. The molecule has 0 spiro atoms. The van der Waals surface area contributed by atoms with Gasteiger partial charge in [-0.2, -0.15) is 0 Å². The van der Waals surface area contributed by atoms with Crippen molar-refractivity contribution in [2.45, 2.75) is 26.4 Å². The van der Waals surface area contributed by atoms with E-state index in [4.69, 9.17) is 4.74 Å². The first-order valence-electron chi connectivity index (χ1n) is 4.87. The predicted octanol–water partition coefficient (Wildman–Crippen LogP) is 2.92. The zero-order valence-corrected chi connectivity index (χ0v) is 10.3. The third kappa shape index (κ3) is 4.40. The van der Waals surface area contributed by atoms with Crippen LogP contribution in [0.3, 0.4) is 0 Å². The Bertz CT molecular complexity index is 410. The molecule has 0 fully saturated rings. The number of hydrogen-bond donors (Lipinski definition) is 0. The summed E-state index contributed by atoms with van der Waals surface area (Å²) in [5, 5.41) is 0. The summed E-state index contributed by atoms with van der Waals surface area (Å²) in [6.07, 6.45) is 3.80. The topological polar surface area (TPSA) is 43.4 Å². The van der Waals surface area contributed by atoms with E-state index in [0.29, 0.717) is 4.88 Å². The van der Waals surface area contributed by atoms with E-state index in [1.54, 1.807) is 18.2 Å². The second-order valence-electron chi connectivity index (χ2n) is 4.22. The second kappa shape index (κ2) is 5.07. The van der Waals surface area contributed by atoms with Gasteiger partial charge in [0.1, 0.15) is 5.60 Å². The smallest absolute Gasteiger partial charge is 0.331 e. The molecular weight excluding hydrogens is 224 g/mol. The lowest BCUT2D eigenvalue weighted by Crippen LogP contribution is -2.22. The Morgan fingerprint density at radius 2 is 1.94 bits per heavy atom. The minimum Gasteiger partial charge on any atom is -0.457 e. The second-order valence-corrected chi connectivity index (χ2v) is 5.37. The Kier molecular flexibility index (Phi) is 4.01. The first-order valence-corrected chi connectivity index (χ1v) is 5.68. The van der Waals surface area contributed by atoms with E-state index in [-0.39, 0.29) is 5.97 Å². The van der Waals surface area contributed by atoms with E-state index in [2.05, 4.69) is 0 Å². The number of carbonyl (C=O) groups is 2. The summed E-state index contributed by atoms with van der Waals surface area (Å²) in [6.45, 7) is 5.44. The highest BCUT2D eigenvalue weighted by Crippen LogP contribution is 2.16. The van der Waals surface area contributed by atoms with Crippen LogP contribution in [0.1, 0.15) is 35.3 Å². The lowest BCUT2D eigenvalue weighted by atomic mass is 10.2. The molecule has 3 nitrogen and oxygen atoms in total. The molecule has 16 heavy (non-hydrogen) atoms. The molecule has 0 bridgehead atoms. The van der Waals surface area contributed by atoms with Gasteiger partial charge in [0.2, 0.25) is 0 Å². The van der Waals surface area contributed by atoms with E-state index in [9.17, 15) is 9.59 Å². The number of esters is 1. The molecule has 0 aromatic carbocycles. The van der Waals surface area contributed by atoms with Crippen LogP contribution < -0.4 is 0 Å². The molecule has 0 aliphatic heterocycles. The molecule has 1 heterocycles. The van der Waals surface area contributed by atoms with Crippen molar-refractivity contribution in [2.75, 3.05) is 0 Å². The van der Waals surface area contributed by atoms with Gasteiger partial charge in [-0.1, -0.05) is 0 Å². The minimum atomic E-state index is -0.481. The number of rotatable bonds is 3. The molecule has 0 aliphatic rings. The van der Waals surface area contributed by atoms with E-state index >= 15 is 0 Å². The van der Waals surface area contributed by atoms with Crippen molar-refractivity contribution in [1.29, 1.82) is 0 Å². The summed E-state index contributed by atoms with van der Waals surface area (Å²) in [4.78, 5) is 23.3. The Labute approximate surface area is 98.7 Å². The number of thiophene rings is 1. The quantitative estimate of drug-likeness (QED) is 0.462. The molecule has 1 rings (SSSR count). The van der Waals surface area contributed by atoms with Crippen molar-refractivity contribution in [3.05, 3.63) is 28.0 Å². The summed E-state index contributed by atoms with van der Waals surface area (Å²) >= 11 is 1.33. The van der Waals surface area contributed by atoms with Gasteiger partial charge in [0, 0.05) is 11.0 Å². The third-order valence-electron chi connectivity index (χ3n) is 1.55. The van der Waals surface area contributed by atoms with Gasteiger partial charge in [0.15, 0.2) is 6.29 Å². The molecule has 0 N–H and O–H groups in total. The highest BCUT2D eigenvalue weighted by Gasteiger charge is 2.13. The summed E-state index contributed by atoms with van der Waals surface area (Å²) in [5.41, 5.74) is -0.481. The largest absolute Gasteiger partial charge is 0.457 e. The summed E-state index contributed by atoms with van der Waals surface area (Å²) in [7, 11) is 0. The maximum Gasteiger partial charge on any atom is 0.331 e. The Hall–Kier alpha value is -1.42. The average molecular weight is 238 g/mol. The van der Waals surface area contributed by atoms with E-state index in [0.717, 1.165) is 11.2 Å². The first kappa shape index (κ1) is 12.6. The van der Waals surface area contributed by atoms with Crippen LogP contribution in [0.4, 0.5) is 0 Å². The summed E-state index contributed by atoms with van der Waals surface area (Å²) in [5.74, 6) is -0.381. The van der Waals surface area contributed by atoms with Crippen LogP contribution in [0.25, 0.3) is 6.08 Å². The van der Waals surface area contributed by atoms with E-state index < -0.39 is 5.60 Å². The van der Waals surface area contributed by atoms with Gasteiger partial charge < -0.3 is 4.74 Å². The first-order chi connectivity index (χ1) is 7.40. The van der Waals surface area contributed by atoms with Gasteiger partial charge in [0.25, 0.3) is 0 Å². The van der Waals surface area contributed by atoms with Gasteiger partial charge in [-0.3, -0.25) is 4.79 Å².